The van der Waals surface area contributed by atoms with Crippen LogP contribution >= 0.6 is 0 Å². The number of hydrogen-bond donors (Lipinski definition) is 2. The molecule has 0 radical (unpaired) electrons. The van der Waals surface area contributed by atoms with E-state index in [9.17, 15) is 4.79 Å². The molecule has 0 aliphatic heterocycles. The van der Waals surface area contributed by atoms with Gasteiger partial charge in [-0.25, -0.2) is 4.79 Å². The van der Waals surface area contributed by atoms with E-state index in [0.717, 1.165) is 24.8 Å². The van der Waals surface area contributed by atoms with Crippen LogP contribution in [0.5, 0.6) is 0 Å². The highest BCUT2D eigenvalue weighted by molar-refractivity contribution is 5.84. The zero-order valence-electron chi connectivity index (χ0n) is 8.80. The first-order chi connectivity index (χ1) is 6.59. The fourth-order valence-corrected chi connectivity index (χ4v) is 1.22. The van der Waals surface area contributed by atoms with Crippen molar-refractivity contribution in [2.24, 2.45) is 5.73 Å². The summed E-state index contributed by atoms with van der Waals surface area (Å²) in [5.74, 6) is -0.406. The molecule has 0 aromatic rings. The van der Waals surface area contributed by atoms with Crippen LogP contribution in [0.2, 0.25) is 0 Å². The van der Waals surface area contributed by atoms with Crippen molar-refractivity contribution in [3.8, 4) is 0 Å². The molecule has 0 bridgehead atoms. The first-order valence-corrected chi connectivity index (χ1v) is 5.01. The van der Waals surface area contributed by atoms with E-state index >= 15 is 0 Å². The maximum absolute atomic E-state index is 11.5. The van der Waals surface area contributed by atoms with Crippen LogP contribution in [0.1, 0.15) is 33.1 Å². The van der Waals surface area contributed by atoms with Crippen molar-refractivity contribution in [1.82, 2.24) is 5.48 Å². The number of carbonyl (C=O) groups excluding carboxylic acids is 1. The summed E-state index contributed by atoms with van der Waals surface area (Å²) in [5, 5.41) is 0. The molecule has 0 amide bonds. The Morgan fingerprint density at radius 3 is 2.86 bits per heavy atom. The zero-order valence-corrected chi connectivity index (χ0v) is 8.80. The Balaban J connectivity index is 2.42. The molecule has 4 heteroatoms. The van der Waals surface area contributed by atoms with Gasteiger partial charge in [0.25, 0.3) is 0 Å². The summed E-state index contributed by atoms with van der Waals surface area (Å²) in [7, 11) is 0. The Bertz CT molecular complexity index is 247. The first-order valence-electron chi connectivity index (χ1n) is 5.01. The van der Waals surface area contributed by atoms with Gasteiger partial charge in [0.15, 0.2) is 0 Å². The summed E-state index contributed by atoms with van der Waals surface area (Å²) in [6, 6.07) is 0. The second kappa shape index (κ2) is 4.57. The molecule has 1 atom stereocenters. The van der Waals surface area contributed by atoms with Crippen LogP contribution in [-0.4, -0.2) is 18.1 Å². The largest absolute Gasteiger partial charge is 0.369 e. The van der Waals surface area contributed by atoms with Crippen LogP contribution in [0.15, 0.2) is 11.6 Å². The number of hydroxylamine groups is 1. The van der Waals surface area contributed by atoms with Crippen molar-refractivity contribution in [2.45, 2.75) is 38.6 Å². The van der Waals surface area contributed by atoms with Crippen LogP contribution in [0.25, 0.3) is 0 Å². The van der Waals surface area contributed by atoms with Gasteiger partial charge < -0.3 is 10.6 Å². The molecule has 0 saturated heterocycles. The number of rotatable bonds is 5. The predicted molar refractivity (Wildman–Crippen MR) is 54.3 cm³/mol. The van der Waals surface area contributed by atoms with Gasteiger partial charge >= 0.3 is 5.97 Å². The SMILES string of the molecule is CCCNOC(=O)C(C)(N)C1=CCC1. The van der Waals surface area contributed by atoms with E-state index in [4.69, 9.17) is 10.6 Å². The zero-order chi connectivity index (χ0) is 10.6. The lowest BCUT2D eigenvalue weighted by atomic mass is 9.82. The number of nitrogens with two attached hydrogens (primary N) is 1. The van der Waals surface area contributed by atoms with Crippen molar-refractivity contribution in [3.05, 3.63) is 11.6 Å². The van der Waals surface area contributed by atoms with E-state index in [1.807, 2.05) is 13.0 Å². The predicted octanol–water partition coefficient (Wildman–Crippen LogP) is 0.882. The number of hydrogen-bond acceptors (Lipinski definition) is 4. The molecule has 1 aliphatic rings. The minimum absolute atomic E-state index is 0.406. The number of nitrogens with one attached hydrogen (secondary N) is 1. The first kappa shape index (κ1) is 11.2. The Morgan fingerprint density at radius 2 is 2.43 bits per heavy atom. The van der Waals surface area contributed by atoms with Crippen LogP contribution < -0.4 is 11.2 Å². The summed E-state index contributed by atoms with van der Waals surface area (Å²) in [4.78, 5) is 16.4. The van der Waals surface area contributed by atoms with E-state index in [1.54, 1.807) is 6.92 Å². The number of allylic oxidation sites excluding steroid dienone is 1. The van der Waals surface area contributed by atoms with Crippen LogP contribution in [-0.2, 0) is 9.63 Å². The molecular weight excluding hydrogens is 180 g/mol. The molecule has 0 heterocycles. The Morgan fingerprint density at radius 1 is 1.79 bits per heavy atom. The minimum atomic E-state index is -0.959. The van der Waals surface area contributed by atoms with E-state index in [1.165, 1.54) is 0 Å². The lowest BCUT2D eigenvalue weighted by Crippen LogP contribution is -2.50. The van der Waals surface area contributed by atoms with Gasteiger partial charge in [0.05, 0.1) is 0 Å². The fourth-order valence-electron chi connectivity index (χ4n) is 1.22. The van der Waals surface area contributed by atoms with Crippen molar-refractivity contribution >= 4 is 5.97 Å². The van der Waals surface area contributed by atoms with Gasteiger partial charge in [-0.05, 0) is 31.8 Å². The van der Waals surface area contributed by atoms with Gasteiger partial charge in [0.2, 0.25) is 0 Å². The molecule has 4 nitrogen and oxygen atoms in total. The van der Waals surface area contributed by atoms with Crippen molar-refractivity contribution in [2.75, 3.05) is 6.54 Å². The summed E-state index contributed by atoms with van der Waals surface area (Å²) in [5.41, 5.74) is 8.47. The van der Waals surface area contributed by atoms with Gasteiger partial charge in [0, 0.05) is 6.54 Å². The molecule has 14 heavy (non-hydrogen) atoms. The van der Waals surface area contributed by atoms with Crippen molar-refractivity contribution in [1.29, 1.82) is 0 Å². The third kappa shape index (κ3) is 2.33. The Labute approximate surface area is 84.4 Å². The molecule has 0 fully saturated rings. The Hall–Kier alpha value is -0.870. The molecule has 0 spiro atoms. The highest BCUT2D eigenvalue weighted by Gasteiger charge is 2.36. The van der Waals surface area contributed by atoms with Gasteiger partial charge in [0.1, 0.15) is 5.54 Å². The van der Waals surface area contributed by atoms with Gasteiger partial charge in [-0.15, -0.1) is 0 Å². The summed E-state index contributed by atoms with van der Waals surface area (Å²) in [6.45, 7) is 4.34. The molecular formula is C10H18N2O2. The van der Waals surface area contributed by atoms with E-state index < -0.39 is 11.5 Å². The molecule has 1 unspecified atom stereocenters. The smallest absolute Gasteiger partial charge is 0.348 e. The topological polar surface area (TPSA) is 64.3 Å². The number of carbonyl (C=O) groups is 1. The fraction of sp³-hybridized carbons (Fsp3) is 0.700. The third-order valence-corrected chi connectivity index (χ3v) is 2.41. The lowest BCUT2D eigenvalue weighted by molar-refractivity contribution is -0.155. The lowest BCUT2D eigenvalue weighted by Gasteiger charge is -2.29. The summed E-state index contributed by atoms with van der Waals surface area (Å²) >= 11 is 0. The highest BCUT2D eigenvalue weighted by Crippen LogP contribution is 2.28. The van der Waals surface area contributed by atoms with Gasteiger partial charge in [-0.2, -0.15) is 5.48 Å². The molecule has 1 rings (SSSR count). The molecule has 3 N–H and O–H groups in total. The summed E-state index contributed by atoms with van der Waals surface area (Å²) < 4.78 is 0. The Kier molecular flexibility index (Phi) is 3.66. The average Bonchev–Trinajstić information content (AvgIpc) is 2.00. The van der Waals surface area contributed by atoms with E-state index in [-0.39, 0.29) is 0 Å². The minimum Gasteiger partial charge on any atom is -0.369 e. The normalized spacial score (nSPS) is 19.2. The van der Waals surface area contributed by atoms with Crippen LogP contribution in [0, 0.1) is 0 Å². The maximum Gasteiger partial charge on any atom is 0.348 e. The molecule has 1 aliphatic carbocycles. The van der Waals surface area contributed by atoms with Crippen LogP contribution in [0.4, 0.5) is 0 Å². The maximum atomic E-state index is 11.5. The van der Waals surface area contributed by atoms with E-state index in [2.05, 4.69) is 5.48 Å². The van der Waals surface area contributed by atoms with E-state index in [0.29, 0.717) is 6.54 Å². The molecule has 0 aromatic carbocycles. The second-order valence-corrected chi connectivity index (χ2v) is 3.75. The molecule has 0 saturated carbocycles. The summed E-state index contributed by atoms with van der Waals surface area (Å²) in [6.07, 6.45) is 4.81. The second-order valence-electron chi connectivity index (χ2n) is 3.75. The standard InChI is InChI=1S/C10H18N2O2/c1-3-7-12-14-9(13)10(2,11)8-5-4-6-8/h5,12H,3-4,6-7,11H2,1-2H3. The quantitative estimate of drug-likeness (QED) is 0.391. The third-order valence-electron chi connectivity index (χ3n) is 2.41. The molecule has 0 aromatic heterocycles. The van der Waals surface area contributed by atoms with Crippen LogP contribution in [0.3, 0.4) is 0 Å². The van der Waals surface area contributed by atoms with Gasteiger partial charge in [-0.1, -0.05) is 13.0 Å². The monoisotopic (exact) mass is 198 g/mol. The average molecular weight is 198 g/mol. The highest BCUT2D eigenvalue weighted by atomic mass is 16.7. The van der Waals surface area contributed by atoms with Gasteiger partial charge in [-0.3, -0.25) is 0 Å². The van der Waals surface area contributed by atoms with Crippen molar-refractivity contribution < 1.29 is 9.63 Å². The van der Waals surface area contributed by atoms with Crippen molar-refractivity contribution in [3.63, 3.8) is 0 Å². The molecule has 80 valence electrons.